The fraction of sp³-hybridized carbons (Fsp3) is 0.167. The van der Waals surface area contributed by atoms with Gasteiger partial charge in [0.2, 0.25) is 6.93 Å². The number of nitrogens with zero attached hydrogens (tertiary/aromatic N) is 1. The molecule has 1 aromatic carbocycles. The molecule has 102 valence electrons. The third-order valence-corrected chi connectivity index (χ3v) is 2.80. The average Bonchev–Trinajstić information content (AvgIpc) is 2.76. The smallest absolute Gasteiger partial charge is 0.257 e. The lowest BCUT2D eigenvalue weighted by Gasteiger charge is -2.01. The Kier molecular flexibility index (Phi) is 6.01. The minimum absolute atomic E-state index is 0.285. The number of thiazole rings is 1. The van der Waals surface area contributed by atoms with E-state index in [0.29, 0.717) is 5.13 Å². The van der Waals surface area contributed by atoms with Crippen LogP contribution in [0.3, 0.4) is 0 Å². The third kappa shape index (κ3) is 5.09. The largest absolute Gasteiger partial charge is 0.298 e. The van der Waals surface area contributed by atoms with Crippen LogP contribution in [0.15, 0.2) is 29.6 Å². The molecule has 2 rings (SSSR count). The molecule has 0 unspecified atom stereocenters. The highest BCUT2D eigenvalue weighted by Gasteiger charge is 2.08. The van der Waals surface area contributed by atoms with Gasteiger partial charge in [-0.3, -0.25) is 10.1 Å². The van der Waals surface area contributed by atoms with Crippen LogP contribution in [0.2, 0.25) is 0 Å². The van der Waals surface area contributed by atoms with Crippen LogP contribution in [-0.4, -0.2) is 17.8 Å². The Bertz CT molecular complexity index is 545. The normalized spacial score (nSPS) is 9.47. The van der Waals surface area contributed by atoms with Gasteiger partial charge in [0.1, 0.15) is 5.82 Å². The number of aryl methyl sites for hydroxylation is 1. The van der Waals surface area contributed by atoms with Crippen LogP contribution in [0.25, 0.3) is 0 Å². The number of aromatic nitrogens is 1. The van der Waals surface area contributed by atoms with E-state index >= 15 is 0 Å². The molecule has 7 heteroatoms. The summed E-state index contributed by atoms with van der Waals surface area (Å²) in [6.45, 7) is 0.0916. The van der Waals surface area contributed by atoms with Gasteiger partial charge in [-0.2, -0.15) is 0 Å². The van der Waals surface area contributed by atoms with Crippen molar-refractivity contribution in [3.05, 3.63) is 46.7 Å². The van der Waals surface area contributed by atoms with Gasteiger partial charge in [0.25, 0.3) is 5.91 Å². The Labute approximate surface area is 112 Å². The molecule has 0 saturated heterocycles. The van der Waals surface area contributed by atoms with Crippen molar-refractivity contribution in [2.24, 2.45) is 0 Å². The lowest BCUT2D eigenvalue weighted by Crippen LogP contribution is -2.11. The molecule has 0 fully saturated rings. The maximum atomic E-state index is 12.9. The summed E-state index contributed by atoms with van der Waals surface area (Å²) in [7, 11) is 0. The number of nitrogens with one attached hydrogen (secondary N) is 1. The molecule has 1 amide bonds. The van der Waals surface area contributed by atoms with Gasteiger partial charge in [-0.1, -0.05) is 6.07 Å². The Balaban J connectivity index is 0.000000550. The number of hydrogen-bond acceptors (Lipinski definition) is 3. The Morgan fingerprint density at radius 1 is 1.42 bits per heavy atom. The maximum absolute atomic E-state index is 12.9. The summed E-state index contributed by atoms with van der Waals surface area (Å²) >= 11 is 1.34. The van der Waals surface area contributed by atoms with Crippen LogP contribution >= 0.6 is 11.3 Å². The first-order valence-electron chi connectivity index (χ1n) is 5.17. The van der Waals surface area contributed by atoms with E-state index in [1.807, 2.05) is 12.3 Å². The third-order valence-electron chi connectivity index (χ3n) is 1.93. The molecule has 0 radical (unpaired) electrons. The first kappa shape index (κ1) is 15.2. The van der Waals surface area contributed by atoms with Gasteiger partial charge >= 0.3 is 0 Å². The predicted molar refractivity (Wildman–Crippen MR) is 68.3 cm³/mol. The van der Waals surface area contributed by atoms with Crippen molar-refractivity contribution in [3.63, 3.8) is 0 Å². The summed E-state index contributed by atoms with van der Waals surface area (Å²) in [5.74, 6) is -0.781. The fourth-order valence-corrected chi connectivity index (χ4v) is 1.89. The summed E-state index contributed by atoms with van der Waals surface area (Å²) in [6, 6.07) is 5.54. The molecular weight excluding hydrogens is 277 g/mol. The molecule has 19 heavy (non-hydrogen) atoms. The standard InChI is InChI=1S/C11H9FN2OS.CH2F2/c1-7-6-16-11(13-7)14-10(15)8-3-2-4-9(12)5-8;2-1-3/h2-6H,1H3,(H,13,14,15);1H2. The van der Waals surface area contributed by atoms with E-state index in [-0.39, 0.29) is 11.5 Å². The van der Waals surface area contributed by atoms with E-state index < -0.39 is 12.7 Å². The second-order valence-electron chi connectivity index (χ2n) is 3.36. The van der Waals surface area contributed by atoms with Crippen molar-refractivity contribution in [1.82, 2.24) is 4.98 Å². The summed E-state index contributed by atoms with van der Waals surface area (Å²) in [6.07, 6.45) is 0. The molecule has 1 aromatic heterocycles. The Morgan fingerprint density at radius 2 is 2.11 bits per heavy atom. The molecular formula is C12H11F3N2OS. The monoisotopic (exact) mass is 288 g/mol. The molecule has 0 bridgehead atoms. The lowest BCUT2D eigenvalue weighted by atomic mass is 10.2. The first-order valence-corrected chi connectivity index (χ1v) is 6.05. The van der Waals surface area contributed by atoms with Gasteiger partial charge in [-0.15, -0.1) is 11.3 Å². The van der Waals surface area contributed by atoms with E-state index in [1.54, 1.807) is 6.07 Å². The van der Waals surface area contributed by atoms with E-state index in [4.69, 9.17) is 0 Å². The summed E-state index contributed by atoms with van der Waals surface area (Å²) < 4.78 is 32.1. The molecule has 1 heterocycles. The minimum Gasteiger partial charge on any atom is -0.298 e. The molecule has 0 aliphatic rings. The van der Waals surface area contributed by atoms with Gasteiger partial charge in [-0.25, -0.2) is 18.2 Å². The number of amides is 1. The van der Waals surface area contributed by atoms with Crippen molar-refractivity contribution in [2.75, 3.05) is 12.2 Å². The summed E-state index contributed by atoms with van der Waals surface area (Å²) in [4.78, 5) is 15.8. The highest BCUT2D eigenvalue weighted by molar-refractivity contribution is 7.13. The highest BCUT2D eigenvalue weighted by atomic mass is 32.1. The SMILES string of the molecule is Cc1csc(NC(=O)c2cccc(F)c2)n1.FCF. The summed E-state index contributed by atoms with van der Waals surface area (Å²) in [5.41, 5.74) is 1.13. The van der Waals surface area contributed by atoms with Crippen LogP contribution in [0.4, 0.5) is 18.3 Å². The fourth-order valence-electron chi connectivity index (χ4n) is 1.21. The van der Waals surface area contributed by atoms with Crippen molar-refractivity contribution in [1.29, 1.82) is 0 Å². The Hall–Kier alpha value is -1.89. The zero-order chi connectivity index (χ0) is 14.3. The predicted octanol–water partition coefficient (Wildman–Crippen LogP) is 3.73. The molecule has 0 saturated carbocycles. The Morgan fingerprint density at radius 3 is 2.63 bits per heavy atom. The minimum atomic E-state index is -1.75. The number of rotatable bonds is 2. The van der Waals surface area contributed by atoms with Crippen LogP contribution in [0, 0.1) is 12.7 Å². The van der Waals surface area contributed by atoms with Crippen LogP contribution in [-0.2, 0) is 0 Å². The van der Waals surface area contributed by atoms with Crippen LogP contribution in [0.1, 0.15) is 16.1 Å². The van der Waals surface area contributed by atoms with Gasteiger partial charge in [0.05, 0.1) is 5.69 Å². The van der Waals surface area contributed by atoms with Gasteiger partial charge in [0, 0.05) is 10.9 Å². The molecule has 2 aromatic rings. The molecule has 0 aliphatic heterocycles. The molecule has 0 aliphatic carbocycles. The number of hydrogen-bond donors (Lipinski definition) is 1. The molecule has 0 atom stereocenters. The lowest BCUT2D eigenvalue weighted by molar-refractivity contribution is 0.102. The number of halogens is 3. The number of carbonyl (C=O) groups is 1. The van der Waals surface area contributed by atoms with Crippen molar-refractivity contribution in [2.45, 2.75) is 6.92 Å². The number of anilines is 1. The van der Waals surface area contributed by atoms with Gasteiger partial charge in [0.15, 0.2) is 5.13 Å². The topological polar surface area (TPSA) is 42.0 Å². The second-order valence-corrected chi connectivity index (χ2v) is 4.22. The highest BCUT2D eigenvalue weighted by Crippen LogP contribution is 2.15. The van der Waals surface area contributed by atoms with Crippen molar-refractivity contribution in [3.8, 4) is 0 Å². The molecule has 1 N–H and O–H groups in total. The van der Waals surface area contributed by atoms with Crippen molar-refractivity contribution < 1.29 is 18.0 Å². The van der Waals surface area contributed by atoms with Crippen LogP contribution < -0.4 is 5.32 Å². The van der Waals surface area contributed by atoms with Gasteiger partial charge < -0.3 is 0 Å². The van der Waals surface area contributed by atoms with E-state index in [0.717, 1.165) is 5.69 Å². The van der Waals surface area contributed by atoms with Crippen LogP contribution in [0.5, 0.6) is 0 Å². The maximum Gasteiger partial charge on any atom is 0.257 e. The van der Waals surface area contributed by atoms with Gasteiger partial charge in [-0.05, 0) is 25.1 Å². The van der Waals surface area contributed by atoms with Crippen molar-refractivity contribution >= 4 is 22.4 Å². The second kappa shape index (κ2) is 7.52. The summed E-state index contributed by atoms with van der Waals surface area (Å²) in [5, 5.41) is 4.96. The number of benzene rings is 1. The first-order chi connectivity index (χ1) is 9.06. The zero-order valence-electron chi connectivity index (χ0n) is 9.99. The quantitative estimate of drug-likeness (QED) is 0.915. The number of carbonyl (C=O) groups excluding carboxylic acids is 1. The van der Waals surface area contributed by atoms with E-state index in [1.165, 1.54) is 29.5 Å². The number of alkyl halides is 2. The molecule has 3 nitrogen and oxygen atoms in total. The van der Waals surface area contributed by atoms with E-state index in [2.05, 4.69) is 10.3 Å². The average molecular weight is 288 g/mol. The van der Waals surface area contributed by atoms with E-state index in [9.17, 15) is 18.0 Å². The molecule has 0 spiro atoms. The zero-order valence-corrected chi connectivity index (χ0v) is 10.8.